The van der Waals surface area contributed by atoms with E-state index >= 15 is 0 Å². The minimum atomic E-state index is -0.645. The zero-order chi connectivity index (χ0) is 26.1. The monoisotopic (exact) mass is 486 g/mol. The third kappa shape index (κ3) is 4.78. The van der Waals surface area contributed by atoms with Gasteiger partial charge in [-0.25, -0.2) is 0 Å². The molecule has 1 aliphatic heterocycles. The lowest BCUT2D eigenvalue weighted by molar-refractivity contribution is -0.128. The summed E-state index contributed by atoms with van der Waals surface area (Å²) in [5, 5.41) is 7.91. The van der Waals surface area contributed by atoms with Crippen LogP contribution in [-0.2, 0) is 23.2 Å². The quantitative estimate of drug-likeness (QED) is 0.494. The number of carbonyl (C=O) groups excluding carboxylic acids is 3. The summed E-state index contributed by atoms with van der Waals surface area (Å²) in [5.41, 5.74) is 3.97. The third-order valence-electron chi connectivity index (χ3n) is 6.24. The minimum Gasteiger partial charge on any atom is -0.339 e. The van der Waals surface area contributed by atoms with Crippen LogP contribution in [0.1, 0.15) is 15.9 Å². The molecule has 9 nitrogen and oxygen atoms in total. The van der Waals surface area contributed by atoms with E-state index in [1.165, 1.54) is 9.80 Å². The van der Waals surface area contributed by atoms with Gasteiger partial charge >= 0.3 is 0 Å². The number of aromatic nitrogens is 2. The molecule has 4 rings (SSSR count). The zero-order valence-corrected chi connectivity index (χ0v) is 21.0. The largest absolute Gasteiger partial charge is 0.339 e. The Morgan fingerprint density at radius 3 is 2.53 bits per heavy atom. The number of hydrogen-bond donors (Lipinski definition) is 1. The highest BCUT2D eigenvalue weighted by atomic mass is 16.2. The maximum atomic E-state index is 13.2. The predicted octanol–water partition coefficient (Wildman–Crippen LogP) is 2.36. The summed E-state index contributed by atoms with van der Waals surface area (Å²) in [6.45, 7) is 8.90. The normalized spacial score (nSPS) is 12.7. The molecular weight excluding hydrogens is 456 g/mol. The molecule has 0 bridgehead atoms. The fourth-order valence-corrected chi connectivity index (χ4v) is 4.21. The molecule has 0 saturated carbocycles. The summed E-state index contributed by atoms with van der Waals surface area (Å²) in [7, 11) is 7.33. The Hall–Kier alpha value is -4.24. The molecule has 1 N–H and O–H groups in total. The van der Waals surface area contributed by atoms with Crippen molar-refractivity contribution in [3.05, 3.63) is 78.3 Å². The van der Waals surface area contributed by atoms with E-state index in [1.807, 2.05) is 62.6 Å². The van der Waals surface area contributed by atoms with Crippen LogP contribution in [0.2, 0.25) is 0 Å². The first-order valence-corrected chi connectivity index (χ1v) is 11.5. The van der Waals surface area contributed by atoms with E-state index in [0.29, 0.717) is 18.7 Å². The predicted molar refractivity (Wildman–Crippen MR) is 139 cm³/mol. The van der Waals surface area contributed by atoms with E-state index < -0.39 is 11.8 Å². The van der Waals surface area contributed by atoms with Crippen LogP contribution < -0.4 is 5.32 Å². The van der Waals surface area contributed by atoms with E-state index in [4.69, 9.17) is 0 Å². The number of nitrogens with zero attached hydrogens (tertiary/aromatic N) is 5. The molecule has 0 fully saturated rings. The molecule has 0 aliphatic carbocycles. The van der Waals surface area contributed by atoms with Crippen LogP contribution in [0.4, 0.5) is 0 Å². The molecule has 0 atom stereocenters. The number of aryl methyl sites for hydroxylation is 1. The molecule has 3 aromatic rings. The number of carbonyl (C=O) groups is 3. The van der Waals surface area contributed by atoms with Gasteiger partial charge in [-0.15, -0.1) is 0 Å². The van der Waals surface area contributed by atoms with Gasteiger partial charge in [0.2, 0.25) is 0 Å². The maximum Gasteiger partial charge on any atom is 0.271 e. The fourth-order valence-electron chi connectivity index (χ4n) is 4.21. The summed E-state index contributed by atoms with van der Waals surface area (Å²) < 4.78 is 1.76. The van der Waals surface area contributed by atoms with Crippen LogP contribution in [-0.4, -0.2) is 76.4 Å². The number of amides is 3. The van der Waals surface area contributed by atoms with Crippen molar-refractivity contribution in [3.8, 4) is 11.1 Å². The van der Waals surface area contributed by atoms with Crippen LogP contribution in [0.15, 0.2) is 67.1 Å². The molecule has 9 heteroatoms. The average Bonchev–Trinajstić information content (AvgIpc) is 3.39. The molecule has 2 aromatic carbocycles. The van der Waals surface area contributed by atoms with Crippen molar-refractivity contribution >= 4 is 28.6 Å². The van der Waals surface area contributed by atoms with E-state index in [0.717, 1.165) is 27.6 Å². The van der Waals surface area contributed by atoms with Crippen LogP contribution >= 0.6 is 0 Å². The Morgan fingerprint density at radius 2 is 1.81 bits per heavy atom. The third-order valence-corrected chi connectivity index (χ3v) is 6.24. The molecule has 0 unspecified atom stereocenters. The SMILES string of the molecule is C=C(NC(=O)C(=C)N1Cc2c(cccc2-c2ccc3nn(C)cc3c2)C1=O)C(=O)N(C)CCN(C)C. The highest BCUT2D eigenvalue weighted by Crippen LogP contribution is 2.35. The van der Waals surface area contributed by atoms with Crippen molar-refractivity contribution in [2.75, 3.05) is 34.2 Å². The Balaban J connectivity index is 1.50. The van der Waals surface area contributed by atoms with Gasteiger partial charge in [0, 0.05) is 44.3 Å². The maximum absolute atomic E-state index is 13.2. The highest BCUT2D eigenvalue weighted by molar-refractivity contribution is 6.08. The van der Waals surface area contributed by atoms with Gasteiger partial charge in [-0.2, -0.15) is 5.10 Å². The number of rotatable bonds is 8. The lowest BCUT2D eigenvalue weighted by Gasteiger charge is -2.22. The van der Waals surface area contributed by atoms with Crippen molar-refractivity contribution in [3.63, 3.8) is 0 Å². The van der Waals surface area contributed by atoms with Gasteiger partial charge in [0.25, 0.3) is 17.7 Å². The summed E-state index contributed by atoms with van der Waals surface area (Å²) in [6.07, 6.45) is 1.94. The highest BCUT2D eigenvalue weighted by Gasteiger charge is 2.33. The smallest absolute Gasteiger partial charge is 0.271 e. The summed E-state index contributed by atoms with van der Waals surface area (Å²) in [4.78, 5) is 43.4. The molecule has 0 radical (unpaired) electrons. The van der Waals surface area contributed by atoms with Gasteiger partial charge in [-0.05, 0) is 49.0 Å². The van der Waals surface area contributed by atoms with Gasteiger partial charge in [0.1, 0.15) is 5.70 Å². The molecule has 1 aromatic heterocycles. The number of nitrogens with one attached hydrogen (secondary N) is 1. The van der Waals surface area contributed by atoms with E-state index in [2.05, 4.69) is 23.6 Å². The second-order valence-electron chi connectivity index (χ2n) is 9.21. The van der Waals surface area contributed by atoms with Crippen LogP contribution in [0.25, 0.3) is 22.0 Å². The van der Waals surface area contributed by atoms with Gasteiger partial charge in [0.15, 0.2) is 0 Å². The number of likely N-dealkylation sites (N-methyl/N-ethyl adjacent to an activating group) is 2. The first kappa shape index (κ1) is 24.9. The molecule has 2 heterocycles. The van der Waals surface area contributed by atoms with Crippen molar-refractivity contribution in [1.29, 1.82) is 0 Å². The molecule has 0 saturated heterocycles. The number of hydrogen-bond acceptors (Lipinski definition) is 5. The summed E-state index contributed by atoms with van der Waals surface area (Å²) in [6, 6.07) is 11.5. The van der Waals surface area contributed by atoms with Gasteiger partial charge in [-0.3, -0.25) is 24.0 Å². The molecular formula is C27H30N6O3. The Labute approximate surface area is 210 Å². The molecule has 0 spiro atoms. The molecule has 1 aliphatic rings. The van der Waals surface area contributed by atoms with Crippen molar-refractivity contribution in [2.24, 2.45) is 7.05 Å². The minimum absolute atomic E-state index is 0.0465. The van der Waals surface area contributed by atoms with Gasteiger partial charge in [0.05, 0.1) is 17.8 Å². The Bertz CT molecular complexity index is 1400. The summed E-state index contributed by atoms with van der Waals surface area (Å²) in [5.74, 6) is -1.36. The lowest BCUT2D eigenvalue weighted by Crippen LogP contribution is -2.41. The van der Waals surface area contributed by atoms with Gasteiger partial charge < -0.3 is 15.1 Å². The lowest BCUT2D eigenvalue weighted by atomic mass is 9.96. The number of fused-ring (bicyclic) bond motifs is 2. The average molecular weight is 487 g/mol. The van der Waals surface area contributed by atoms with Crippen LogP contribution in [0, 0.1) is 0 Å². The van der Waals surface area contributed by atoms with E-state index in [9.17, 15) is 14.4 Å². The molecule has 3 amide bonds. The van der Waals surface area contributed by atoms with Crippen molar-refractivity contribution < 1.29 is 14.4 Å². The van der Waals surface area contributed by atoms with E-state index in [1.54, 1.807) is 17.8 Å². The first-order valence-electron chi connectivity index (χ1n) is 11.5. The molecule has 186 valence electrons. The zero-order valence-electron chi connectivity index (χ0n) is 21.0. The topological polar surface area (TPSA) is 90.8 Å². The second-order valence-corrected chi connectivity index (χ2v) is 9.21. The van der Waals surface area contributed by atoms with Crippen LogP contribution in [0.5, 0.6) is 0 Å². The Morgan fingerprint density at radius 1 is 1.08 bits per heavy atom. The number of benzene rings is 2. The second kappa shape index (κ2) is 9.79. The van der Waals surface area contributed by atoms with Crippen molar-refractivity contribution in [2.45, 2.75) is 6.54 Å². The Kier molecular flexibility index (Phi) is 6.76. The van der Waals surface area contributed by atoms with Crippen LogP contribution in [0.3, 0.4) is 0 Å². The summed E-state index contributed by atoms with van der Waals surface area (Å²) >= 11 is 0. The van der Waals surface area contributed by atoms with Gasteiger partial charge in [-0.1, -0.05) is 31.4 Å². The first-order chi connectivity index (χ1) is 17.1. The van der Waals surface area contributed by atoms with E-state index in [-0.39, 0.29) is 23.8 Å². The fraction of sp³-hybridized carbons (Fsp3) is 0.259. The standard InChI is InChI=1S/C27H30N6O3/c1-17(26(35)31(5)13-12-30(3)4)28-25(34)18(2)33-16-23-21(8-7-9-22(23)27(33)36)19-10-11-24-20(14-19)15-32(6)29-24/h7-11,14-15H,1-2,12-13,16H2,3-6H3,(H,28,34). The van der Waals surface area contributed by atoms with Crippen molar-refractivity contribution in [1.82, 2.24) is 29.8 Å². The molecule has 36 heavy (non-hydrogen) atoms.